The topological polar surface area (TPSA) is 58.4 Å². The molecule has 0 radical (unpaired) electrons. The molecule has 1 amide bonds. The van der Waals surface area contributed by atoms with Crippen molar-refractivity contribution in [3.05, 3.63) is 36.4 Å². The highest BCUT2D eigenvalue weighted by molar-refractivity contribution is 5.90. The fraction of sp³-hybridized carbons (Fsp3) is 0.444. The molecule has 0 aliphatic carbocycles. The lowest BCUT2D eigenvalue weighted by atomic mass is 10.1. The summed E-state index contributed by atoms with van der Waals surface area (Å²) in [5, 5.41) is 6.82. The molecule has 5 heteroatoms. The Hall–Kier alpha value is -2.14. The van der Waals surface area contributed by atoms with Gasteiger partial charge in [0.25, 0.3) is 0 Å². The molecular formula is C18H23N3O2. The van der Waals surface area contributed by atoms with Gasteiger partial charge in [-0.25, -0.2) is 0 Å². The van der Waals surface area contributed by atoms with Gasteiger partial charge in [-0.3, -0.25) is 10.1 Å². The molecule has 1 N–H and O–H groups in total. The van der Waals surface area contributed by atoms with E-state index in [2.05, 4.69) is 22.3 Å². The highest BCUT2D eigenvalue weighted by Crippen LogP contribution is 2.21. The maximum absolute atomic E-state index is 12.2. The number of carbonyl (C=O) groups is 1. The Morgan fingerprint density at radius 2 is 2.00 bits per heavy atom. The summed E-state index contributed by atoms with van der Waals surface area (Å²) in [4.78, 5) is 14.6. The van der Waals surface area contributed by atoms with Crippen molar-refractivity contribution in [2.45, 2.75) is 38.6 Å². The number of nitrogens with zero attached hydrogens (tertiary/aromatic N) is 2. The number of piperidine rings is 1. The maximum atomic E-state index is 12.2. The van der Waals surface area contributed by atoms with Gasteiger partial charge < -0.3 is 9.42 Å². The third kappa shape index (κ3) is 4.20. The number of aromatic nitrogens is 1. The minimum atomic E-state index is -0.0289. The van der Waals surface area contributed by atoms with E-state index in [0.29, 0.717) is 12.3 Å². The SMILES string of the molecule is CC(CC(=O)Nc1cc(-c2ccccc2)no1)N1CCCCC1. The molecule has 5 nitrogen and oxygen atoms in total. The smallest absolute Gasteiger partial charge is 0.231 e. The zero-order valence-electron chi connectivity index (χ0n) is 13.5. The number of benzene rings is 1. The third-order valence-electron chi connectivity index (χ3n) is 4.34. The molecule has 1 aromatic heterocycles. The Morgan fingerprint density at radius 1 is 1.26 bits per heavy atom. The van der Waals surface area contributed by atoms with Crippen molar-refractivity contribution in [3.8, 4) is 11.3 Å². The number of hydrogen-bond donors (Lipinski definition) is 1. The van der Waals surface area contributed by atoms with E-state index in [0.717, 1.165) is 24.3 Å². The van der Waals surface area contributed by atoms with E-state index in [4.69, 9.17) is 4.52 Å². The van der Waals surface area contributed by atoms with Gasteiger partial charge in [0.05, 0.1) is 0 Å². The minimum Gasteiger partial charge on any atom is -0.338 e. The zero-order valence-corrected chi connectivity index (χ0v) is 13.5. The molecule has 0 bridgehead atoms. The lowest BCUT2D eigenvalue weighted by Crippen LogP contribution is -2.39. The van der Waals surface area contributed by atoms with Gasteiger partial charge in [-0.2, -0.15) is 0 Å². The summed E-state index contributed by atoms with van der Waals surface area (Å²) in [5.74, 6) is 0.374. The van der Waals surface area contributed by atoms with E-state index in [9.17, 15) is 4.79 Å². The maximum Gasteiger partial charge on any atom is 0.231 e. The van der Waals surface area contributed by atoms with Gasteiger partial charge in [-0.05, 0) is 32.9 Å². The van der Waals surface area contributed by atoms with Crippen LogP contribution in [0.3, 0.4) is 0 Å². The standard InChI is InChI=1S/C18H23N3O2/c1-14(21-10-6-3-7-11-21)12-17(22)19-18-13-16(20-23-18)15-8-4-2-5-9-15/h2,4-5,8-9,13-14H,3,6-7,10-12H2,1H3,(H,19,22). The second-order valence-corrected chi connectivity index (χ2v) is 6.14. The van der Waals surface area contributed by atoms with Crippen LogP contribution >= 0.6 is 0 Å². The summed E-state index contributed by atoms with van der Waals surface area (Å²) in [5.41, 5.74) is 1.70. The van der Waals surface area contributed by atoms with Gasteiger partial charge >= 0.3 is 0 Å². The monoisotopic (exact) mass is 313 g/mol. The number of carbonyl (C=O) groups excluding carboxylic acids is 1. The van der Waals surface area contributed by atoms with Crippen molar-refractivity contribution in [2.75, 3.05) is 18.4 Å². The van der Waals surface area contributed by atoms with Crippen molar-refractivity contribution in [2.24, 2.45) is 0 Å². The Kier molecular flexibility index (Phi) is 5.08. The molecule has 0 saturated carbocycles. The molecule has 2 aromatic rings. The lowest BCUT2D eigenvalue weighted by molar-refractivity contribution is -0.117. The summed E-state index contributed by atoms with van der Waals surface area (Å²) < 4.78 is 5.22. The van der Waals surface area contributed by atoms with Crippen LogP contribution in [0.25, 0.3) is 11.3 Å². The Labute approximate surface area is 136 Å². The van der Waals surface area contributed by atoms with Gasteiger partial charge in [-0.15, -0.1) is 0 Å². The van der Waals surface area contributed by atoms with Crippen LogP contribution in [0.4, 0.5) is 5.88 Å². The van der Waals surface area contributed by atoms with Crippen LogP contribution in [0.15, 0.2) is 40.9 Å². The van der Waals surface area contributed by atoms with Crippen LogP contribution < -0.4 is 5.32 Å². The van der Waals surface area contributed by atoms with E-state index in [-0.39, 0.29) is 11.9 Å². The molecule has 2 heterocycles. The van der Waals surface area contributed by atoms with E-state index in [1.54, 1.807) is 6.07 Å². The molecule has 1 aromatic carbocycles. The highest BCUT2D eigenvalue weighted by Gasteiger charge is 2.20. The molecule has 1 saturated heterocycles. The van der Waals surface area contributed by atoms with E-state index in [1.165, 1.54) is 19.3 Å². The van der Waals surface area contributed by atoms with Gasteiger partial charge in [0.1, 0.15) is 5.69 Å². The van der Waals surface area contributed by atoms with Gasteiger partial charge in [0, 0.05) is 24.1 Å². The Morgan fingerprint density at radius 3 is 2.74 bits per heavy atom. The molecule has 1 atom stereocenters. The van der Waals surface area contributed by atoms with Crippen molar-refractivity contribution >= 4 is 11.8 Å². The van der Waals surface area contributed by atoms with Crippen LogP contribution in [0, 0.1) is 0 Å². The van der Waals surface area contributed by atoms with Gasteiger partial charge in [-0.1, -0.05) is 41.9 Å². The fourth-order valence-electron chi connectivity index (χ4n) is 3.02. The third-order valence-corrected chi connectivity index (χ3v) is 4.34. The molecular weight excluding hydrogens is 290 g/mol. The Bertz CT molecular complexity index is 633. The highest BCUT2D eigenvalue weighted by atomic mass is 16.5. The number of hydrogen-bond acceptors (Lipinski definition) is 4. The van der Waals surface area contributed by atoms with Gasteiger partial charge in [0.2, 0.25) is 11.8 Å². The largest absolute Gasteiger partial charge is 0.338 e. The van der Waals surface area contributed by atoms with Crippen molar-refractivity contribution in [3.63, 3.8) is 0 Å². The second-order valence-electron chi connectivity index (χ2n) is 6.14. The predicted octanol–water partition coefficient (Wildman–Crippen LogP) is 3.54. The summed E-state index contributed by atoms with van der Waals surface area (Å²) in [6.07, 6.45) is 4.24. The first-order chi connectivity index (χ1) is 11.2. The molecule has 122 valence electrons. The number of amides is 1. The number of nitrogens with one attached hydrogen (secondary N) is 1. The quantitative estimate of drug-likeness (QED) is 0.917. The average molecular weight is 313 g/mol. The summed E-state index contributed by atoms with van der Waals surface area (Å²) >= 11 is 0. The van der Waals surface area contributed by atoms with Crippen molar-refractivity contribution in [1.29, 1.82) is 0 Å². The van der Waals surface area contributed by atoms with Crippen LogP contribution in [0.5, 0.6) is 0 Å². The molecule has 1 unspecified atom stereocenters. The van der Waals surface area contributed by atoms with Crippen molar-refractivity contribution in [1.82, 2.24) is 10.1 Å². The molecule has 3 rings (SSSR count). The molecule has 23 heavy (non-hydrogen) atoms. The first-order valence-electron chi connectivity index (χ1n) is 8.28. The van der Waals surface area contributed by atoms with Crippen LogP contribution in [-0.4, -0.2) is 35.1 Å². The number of rotatable bonds is 5. The zero-order chi connectivity index (χ0) is 16.1. The molecule has 0 spiro atoms. The van der Waals surface area contributed by atoms with E-state index in [1.807, 2.05) is 30.3 Å². The summed E-state index contributed by atoms with van der Waals surface area (Å²) in [6.45, 7) is 4.30. The Balaban J connectivity index is 1.55. The minimum absolute atomic E-state index is 0.0289. The van der Waals surface area contributed by atoms with Crippen LogP contribution in [-0.2, 0) is 4.79 Å². The van der Waals surface area contributed by atoms with Gasteiger partial charge in [0.15, 0.2) is 0 Å². The lowest BCUT2D eigenvalue weighted by Gasteiger charge is -2.31. The first-order valence-corrected chi connectivity index (χ1v) is 8.28. The summed E-state index contributed by atoms with van der Waals surface area (Å²) in [7, 11) is 0. The number of anilines is 1. The summed E-state index contributed by atoms with van der Waals surface area (Å²) in [6, 6.07) is 11.8. The molecule has 1 aliphatic heterocycles. The first kappa shape index (κ1) is 15.7. The van der Waals surface area contributed by atoms with E-state index < -0.39 is 0 Å². The predicted molar refractivity (Wildman–Crippen MR) is 90.1 cm³/mol. The normalized spacial score (nSPS) is 16.9. The number of likely N-dealkylation sites (tertiary alicyclic amines) is 1. The van der Waals surface area contributed by atoms with Crippen LogP contribution in [0.2, 0.25) is 0 Å². The second kappa shape index (κ2) is 7.42. The molecule has 1 aliphatic rings. The van der Waals surface area contributed by atoms with Crippen LogP contribution in [0.1, 0.15) is 32.6 Å². The average Bonchev–Trinajstić information content (AvgIpc) is 3.04. The van der Waals surface area contributed by atoms with Crippen molar-refractivity contribution < 1.29 is 9.32 Å². The van der Waals surface area contributed by atoms with E-state index >= 15 is 0 Å². The molecule has 1 fully saturated rings. The fourth-order valence-corrected chi connectivity index (χ4v) is 3.02.